The molecule has 0 aliphatic carbocycles. The third-order valence-electron chi connectivity index (χ3n) is 4.97. The number of benzene rings is 2. The Balaban J connectivity index is 0.000000187. The van der Waals surface area contributed by atoms with Crippen LogP contribution in [0.5, 0.6) is 0 Å². The van der Waals surface area contributed by atoms with Gasteiger partial charge in [-0.05, 0) is 10.8 Å². The molecule has 4 rings (SSSR count). The topological polar surface area (TPSA) is 0 Å². The van der Waals surface area contributed by atoms with Crippen molar-refractivity contribution >= 4 is 21.5 Å². The van der Waals surface area contributed by atoms with Gasteiger partial charge in [0, 0.05) is 0 Å². The van der Waals surface area contributed by atoms with Crippen LogP contribution in [-0.2, 0) is 37.0 Å². The van der Waals surface area contributed by atoms with E-state index in [9.17, 15) is 0 Å². The molecule has 27 heavy (non-hydrogen) atoms. The summed E-state index contributed by atoms with van der Waals surface area (Å²) in [4.78, 5) is 0. The van der Waals surface area contributed by atoms with Gasteiger partial charge in [0.25, 0.3) is 0 Å². The Labute approximate surface area is 183 Å². The van der Waals surface area contributed by atoms with Crippen LogP contribution in [-0.4, -0.2) is 0 Å². The predicted octanol–water partition coefficient (Wildman–Crippen LogP) is 7.71. The number of fused-ring (bicyclic) bond motifs is 2. The van der Waals surface area contributed by atoms with Gasteiger partial charge in [0.2, 0.25) is 0 Å². The van der Waals surface area contributed by atoms with Crippen LogP contribution in [0.1, 0.15) is 52.7 Å². The van der Waals surface area contributed by atoms with E-state index in [4.69, 9.17) is 0 Å². The molecule has 0 saturated heterocycles. The van der Waals surface area contributed by atoms with Crippen molar-refractivity contribution in [1.82, 2.24) is 0 Å². The van der Waals surface area contributed by atoms with Gasteiger partial charge in [-0.25, -0.2) is 0 Å². The van der Waals surface area contributed by atoms with Crippen LogP contribution in [0.15, 0.2) is 72.8 Å². The molecule has 0 saturated carbocycles. The zero-order valence-corrected chi connectivity index (χ0v) is 19.9. The van der Waals surface area contributed by atoms with Crippen molar-refractivity contribution in [2.24, 2.45) is 0 Å². The van der Waals surface area contributed by atoms with E-state index in [1.54, 1.807) is 0 Å². The molecular weight excluding hydrogens is 404 g/mol. The minimum Gasteiger partial charge on any atom is -0.164 e. The van der Waals surface area contributed by atoms with Crippen molar-refractivity contribution < 1.29 is 26.2 Å². The first-order chi connectivity index (χ1) is 12.1. The summed E-state index contributed by atoms with van der Waals surface area (Å²) in [6.07, 6.45) is 0. The fourth-order valence-corrected chi connectivity index (χ4v) is 3.17. The smallest absolute Gasteiger partial charge is 0.164 e. The van der Waals surface area contributed by atoms with Gasteiger partial charge in [-0.2, -0.15) is 12.1 Å². The van der Waals surface area contributed by atoms with Crippen molar-refractivity contribution in [2.75, 3.05) is 0 Å². The number of hydrogen-bond donors (Lipinski definition) is 0. The molecule has 4 aromatic carbocycles. The molecule has 0 spiro atoms. The molecule has 0 radical (unpaired) electrons. The Morgan fingerprint density at radius 3 is 1.19 bits per heavy atom. The maximum Gasteiger partial charge on any atom is 2.00 e. The van der Waals surface area contributed by atoms with Crippen molar-refractivity contribution in [1.29, 1.82) is 0 Å². The minimum absolute atomic E-state index is 0. The zero-order chi connectivity index (χ0) is 18.9. The molecule has 0 N–H and O–H groups in total. The van der Waals surface area contributed by atoms with E-state index >= 15 is 0 Å². The van der Waals surface area contributed by atoms with Gasteiger partial charge in [-0.15, -0.1) is 81.2 Å². The molecule has 0 heterocycles. The summed E-state index contributed by atoms with van der Waals surface area (Å²) in [5.74, 6) is 0. The van der Waals surface area contributed by atoms with Gasteiger partial charge in [-0.3, -0.25) is 0 Å². The molecule has 0 atom stereocenters. The van der Waals surface area contributed by atoms with Crippen molar-refractivity contribution in [2.45, 2.75) is 52.4 Å². The van der Waals surface area contributed by atoms with E-state index in [1.165, 1.54) is 32.7 Å². The quantitative estimate of drug-likeness (QED) is 0.249. The summed E-state index contributed by atoms with van der Waals surface area (Å²) in [6.45, 7) is 13.5. The van der Waals surface area contributed by atoms with E-state index in [1.807, 2.05) is 0 Å². The first-order valence-corrected chi connectivity index (χ1v) is 9.46. The molecule has 0 aliphatic heterocycles. The zero-order valence-electron chi connectivity index (χ0n) is 17.4. The molecule has 138 valence electrons. The van der Waals surface area contributed by atoms with Crippen LogP contribution >= 0.6 is 0 Å². The summed E-state index contributed by atoms with van der Waals surface area (Å²) < 4.78 is 0. The Kier molecular flexibility index (Phi) is 6.69. The summed E-state index contributed by atoms with van der Waals surface area (Å²) in [7, 11) is 0. The van der Waals surface area contributed by atoms with Gasteiger partial charge >= 0.3 is 26.2 Å². The molecule has 0 nitrogen and oxygen atoms in total. The second-order valence-corrected chi connectivity index (χ2v) is 9.25. The van der Waals surface area contributed by atoms with Crippen LogP contribution in [0.3, 0.4) is 0 Å². The fraction of sp³-hybridized carbons (Fsp3) is 0.308. The van der Waals surface area contributed by atoms with Crippen molar-refractivity contribution in [3.63, 3.8) is 0 Å². The number of rotatable bonds is 0. The van der Waals surface area contributed by atoms with Crippen LogP contribution < -0.4 is 0 Å². The second-order valence-electron chi connectivity index (χ2n) is 9.25. The van der Waals surface area contributed by atoms with E-state index < -0.39 is 0 Å². The SMILES string of the molecule is CC(C)(C)c1cc2ccccc2[cH-]1.CC(C)(C)c1cc2ccccc2[cH-]1.[Zr+2]. The van der Waals surface area contributed by atoms with E-state index in [0.717, 1.165) is 0 Å². The summed E-state index contributed by atoms with van der Waals surface area (Å²) >= 11 is 0. The predicted molar refractivity (Wildman–Crippen MR) is 116 cm³/mol. The molecule has 0 unspecified atom stereocenters. The van der Waals surface area contributed by atoms with E-state index in [0.29, 0.717) is 0 Å². The standard InChI is InChI=1S/2C13H15.Zr/c2*1-13(2,3)12-8-10-6-4-5-7-11(10)9-12;/h2*4-9H,1-3H3;/q2*-1;+2. The molecule has 4 aromatic rings. The first-order valence-electron chi connectivity index (χ1n) is 9.46. The Morgan fingerprint density at radius 2 is 0.889 bits per heavy atom. The summed E-state index contributed by atoms with van der Waals surface area (Å²) in [5, 5.41) is 5.42. The molecule has 0 bridgehead atoms. The molecule has 0 aliphatic rings. The molecular formula is C26H30Zr. The minimum atomic E-state index is 0. The van der Waals surface area contributed by atoms with Crippen LogP contribution in [0.25, 0.3) is 21.5 Å². The molecule has 1 heteroatoms. The maximum absolute atomic E-state index is 2.29. The van der Waals surface area contributed by atoms with Gasteiger partial charge in [0.1, 0.15) is 0 Å². The van der Waals surface area contributed by atoms with E-state index in [-0.39, 0.29) is 37.0 Å². The average molecular weight is 434 g/mol. The van der Waals surface area contributed by atoms with Crippen LogP contribution in [0, 0.1) is 0 Å². The van der Waals surface area contributed by atoms with Crippen LogP contribution in [0.4, 0.5) is 0 Å². The van der Waals surface area contributed by atoms with Crippen LogP contribution in [0.2, 0.25) is 0 Å². The number of hydrogen-bond acceptors (Lipinski definition) is 0. The average Bonchev–Trinajstić information content (AvgIpc) is 3.19. The van der Waals surface area contributed by atoms with Crippen molar-refractivity contribution in [3.05, 3.63) is 83.9 Å². The maximum atomic E-state index is 2.29. The molecule has 0 amide bonds. The van der Waals surface area contributed by atoms with E-state index in [2.05, 4.69) is 114 Å². The third-order valence-corrected chi connectivity index (χ3v) is 4.97. The second kappa shape index (κ2) is 8.28. The summed E-state index contributed by atoms with van der Waals surface area (Å²) in [6, 6.07) is 26.2. The molecule has 0 fully saturated rings. The normalized spacial score (nSPS) is 11.8. The van der Waals surface area contributed by atoms with Gasteiger partial charge in [-0.1, -0.05) is 53.7 Å². The van der Waals surface area contributed by atoms with Crippen molar-refractivity contribution in [3.8, 4) is 0 Å². The van der Waals surface area contributed by atoms with Gasteiger partial charge in [0.15, 0.2) is 0 Å². The monoisotopic (exact) mass is 432 g/mol. The Bertz CT molecular complexity index is 850. The Morgan fingerprint density at radius 1 is 0.556 bits per heavy atom. The first kappa shape index (κ1) is 21.8. The van der Waals surface area contributed by atoms with Gasteiger partial charge < -0.3 is 0 Å². The third kappa shape index (κ3) is 5.29. The summed E-state index contributed by atoms with van der Waals surface area (Å²) in [5.41, 5.74) is 3.38. The van der Waals surface area contributed by atoms with Gasteiger partial charge in [0.05, 0.1) is 0 Å². The fourth-order valence-electron chi connectivity index (χ4n) is 3.17. The Hall–Kier alpha value is -1.46. The molecule has 0 aromatic heterocycles. The largest absolute Gasteiger partial charge is 2.00 e.